The lowest BCUT2D eigenvalue weighted by Gasteiger charge is -2.11. The van der Waals surface area contributed by atoms with Gasteiger partial charge in [-0.3, -0.25) is 0 Å². The summed E-state index contributed by atoms with van der Waals surface area (Å²) in [4.78, 5) is 7.48. The molecule has 0 unspecified atom stereocenters. The summed E-state index contributed by atoms with van der Waals surface area (Å²) in [5.74, 6) is 0.360. The van der Waals surface area contributed by atoms with Gasteiger partial charge in [-0.2, -0.15) is 13.2 Å². The molecule has 1 heterocycles. The van der Waals surface area contributed by atoms with Crippen molar-refractivity contribution >= 4 is 5.82 Å². The van der Waals surface area contributed by atoms with E-state index in [2.05, 4.69) is 9.97 Å². The molecule has 1 aromatic heterocycles. The van der Waals surface area contributed by atoms with Crippen LogP contribution in [0.2, 0.25) is 0 Å². The van der Waals surface area contributed by atoms with Crippen LogP contribution in [0.3, 0.4) is 0 Å². The Morgan fingerprint density at radius 3 is 2.62 bits per heavy atom. The van der Waals surface area contributed by atoms with E-state index >= 15 is 0 Å². The molecule has 0 saturated heterocycles. The lowest BCUT2D eigenvalue weighted by molar-refractivity contribution is -0.139. The number of hydrogen-bond acceptors (Lipinski definition) is 4. The summed E-state index contributed by atoms with van der Waals surface area (Å²) in [5, 5.41) is 0. The van der Waals surface area contributed by atoms with Crippen LogP contribution in [-0.2, 0) is 6.42 Å². The van der Waals surface area contributed by atoms with Crippen molar-refractivity contribution in [2.24, 2.45) is 0 Å². The van der Waals surface area contributed by atoms with E-state index < -0.39 is 19.2 Å². The van der Waals surface area contributed by atoms with Gasteiger partial charge in [0.2, 0.25) is 5.88 Å². The fourth-order valence-electron chi connectivity index (χ4n) is 1.13. The Morgan fingerprint density at radius 2 is 2.06 bits per heavy atom. The summed E-state index contributed by atoms with van der Waals surface area (Å²) < 4.78 is 40.6. The van der Waals surface area contributed by atoms with Crippen LogP contribution in [0.5, 0.6) is 5.88 Å². The van der Waals surface area contributed by atoms with Crippen LogP contribution in [0.15, 0.2) is 6.33 Å². The summed E-state index contributed by atoms with van der Waals surface area (Å²) in [6, 6.07) is 0. The monoisotopic (exact) mass is 235 g/mol. The zero-order chi connectivity index (χ0) is 12.2. The van der Waals surface area contributed by atoms with Crippen molar-refractivity contribution < 1.29 is 17.9 Å². The molecule has 0 bridgehead atoms. The minimum Gasteiger partial charge on any atom is -0.477 e. The van der Waals surface area contributed by atoms with E-state index in [1.807, 2.05) is 0 Å². The molecule has 0 saturated carbocycles. The van der Waals surface area contributed by atoms with Gasteiger partial charge in [0, 0.05) is 0 Å². The minimum atomic E-state index is -4.23. The minimum absolute atomic E-state index is 0.124. The van der Waals surface area contributed by atoms with Crippen molar-refractivity contribution in [3.8, 4) is 5.88 Å². The van der Waals surface area contributed by atoms with Crippen molar-refractivity contribution in [1.82, 2.24) is 9.97 Å². The molecule has 0 atom stereocenters. The zero-order valence-corrected chi connectivity index (χ0v) is 8.71. The van der Waals surface area contributed by atoms with E-state index in [-0.39, 0.29) is 11.7 Å². The number of anilines is 1. The molecule has 0 aliphatic rings. The van der Waals surface area contributed by atoms with Gasteiger partial charge in [0.25, 0.3) is 0 Å². The number of aromatic nitrogens is 2. The van der Waals surface area contributed by atoms with Crippen molar-refractivity contribution in [2.75, 3.05) is 12.3 Å². The van der Waals surface area contributed by atoms with E-state index in [0.29, 0.717) is 12.0 Å². The van der Waals surface area contributed by atoms with Gasteiger partial charge in [-0.1, -0.05) is 6.92 Å². The van der Waals surface area contributed by atoms with Crippen LogP contribution >= 0.6 is 0 Å². The number of nitrogens with two attached hydrogens (primary N) is 1. The third kappa shape index (κ3) is 3.56. The van der Waals surface area contributed by atoms with Gasteiger partial charge < -0.3 is 10.5 Å². The van der Waals surface area contributed by atoms with E-state index in [1.165, 1.54) is 0 Å². The maximum Gasteiger partial charge on any atom is 0.392 e. The number of ether oxygens (including phenoxy) is 1. The molecular formula is C9H12F3N3O. The summed E-state index contributed by atoms with van der Waals surface area (Å²) in [6.45, 7) is 1.33. The van der Waals surface area contributed by atoms with Gasteiger partial charge in [0.1, 0.15) is 12.1 Å². The molecule has 7 heteroatoms. The number of rotatable bonds is 4. The van der Waals surface area contributed by atoms with Gasteiger partial charge in [-0.25, -0.2) is 9.97 Å². The van der Waals surface area contributed by atoms with E-state index in [1.54, 1.807) is 6.92 Å². The number of nitrogens with zero attached hydrogens (tertiary/aromatic N) is 2. The average Bonchev–Trinajstić information content (AvgIpc) is 2.16. The molecular weight excluding hydrogens is 223 g/mol. The Morgan fingerprint density at radius 1 is 1.38 bits per heavy atom. The lowest BCUT2D eigenvalue weighted by Crippen LogP contribution is -2.14. The van der Waals surface area contributed by atoms with E-state index in [4.69, 9.17) is 10.5 Å². The smallest absolute Gasteiger partial charge is 0.392 e. The molecule has 16 heavy (non-hydrogen) atoms. The molecule has 90 valence electrons. The fourth-order valence-corrected chi connectivity index (χ4v) is 1.13. The molecule has 4 nitrogen and oxygen atoms in total. The first kappa shape index (κ1) is 12.5. The highest BCUT2D eigenvalue weighted by Gasteiger charge is 2.27. The van der Waals surface area contributed by atoms with Gasteiger partial charge >= 0.3 is 6.18 Å². The molecule has 0 fully saturated rings. The summed E-state index contributed by atoms with van der Waals surface area (Å²) >= 11 is 0. The molecule has 1 rings (SSSR count). The quantitative estimate of drug-likeness (QED) is 0.866. The van der Waals surface area contributed by atoms with Crippen molar-refractivity contribution in [3.05, 3.63) is 11.9 Å². The Hall–Kier alpha value is -1.53. The third-order valence-corrected chi connectivity index (χ3v) is 1.92. The predicted molar refractivity (Wildman–Crippen MR) is 52.0 cm³/mol. The molecule has 1 aromatic rings. The summed E-state index contributed by atoms with van der Waals surface area (Å²) in [5.41, 5.74) is 6.07. The lowest BCUT2D eigenvalue weighted by atomic mass is 10.2. The standard InChI is InChI=1S/C9H12F3N3O/c1-2-6-7(13)14-5-15-8(6)16-4-3-9(10,11)12/h5H,2-4H2,1H3,(H2,13,14,15). The number of alkyl halides is 3. The predicted octanol–water partition coefficient (Wildman–Crippen LogP) is 1.95. The molecule has 0 aliphatic heterocycles. The van der Waals surface area contributed by atoms with Crippen LogP contribution in [0.1, 0.15) is 18.9 Å². The first-order chi connectivity index (χ1) is 7.44. The summed E-state index contributed by atoms with van der Waals surface area (Å²) in [6.07, 6.45) is -3.57. The molecule has 2 N–H and O–H groups in total. The van der Waals surface area contributed by atoms with Crippen LogP contribution in [-0.4, -0.2) is 22.8 Å². The summed E-state index contributed by atoms with van der Waals surface area (Å²) in [7, 11) is 0. The van der Waals surface area contributed by atoms with Crippen LogP contribution < -0.4 is 10.5 Å². The van der Waals surface area contributed by atoms with Crippen molar-refractivity contribution in [2.45, 2.75) is 25.9 Å². The number of nitrogen functional groups attached to an aromatic ring is 1. The second kappa shape index (κ2) is 5.00. The number of hydrogen-bond donors (Lipinski definition) is 1. The highest BCUT2D eigenvalue weighted by Crippen LogP contribution is 2.23. The third-order valence-electron chi connectivity index (χ3n) is 1.92. The molecule has 0 aliphatic carbocycles. The Bertz CT molecular complexity index is 354. The van der Waals surface area contributed by atoms with Crippen LogP contribution in [0, 0.1) is 0 Å². The van der Waals surface area contributed by atoms with E-state index in [9.17, 15) is 13.2 Å². The van der Waals surface area contributed by atoms with Gasteiger partial charge in [0.05, 0.1) is 18.6 Å². The Balaban J connectivity index is 2.64. The SMILES string of the molecule is CCc1c(N)ncnc1OCCC(F)(F)F. The Kier molecular flexibility index (Phi) is 3.92. The largest absolute Gasteiger partial charge is 0.477 e. The normalized spacial score (nSPS) is 11.5. The molecule has 0 radical (unpaired) electrons. The van der Waals surface area contributed by atoms with Crippen molar-refractivity contribution in [1.29, 1.82) is 0 Å². The van der Waals surface area contributed by atoms with Gasteiger partial charge in [0.15, 0.2) is 0 Å². The van der Waals surface area contributed by atoms with E-state index in [0.717, 1.165) is 6.33 Å². The molecule has 0 spiro atoms. The molecule has 0 amide bonds. The first-order valence-corrected chi connectivity index (χ1v) is 4.73. The molecule has 0 aromatic carbocycles. The highest BCUT2D eigenvalue weighted by atomic mass is 19.4. The topological polar surface area (TPSA) is 61.0 Å². The van der Waals surface area contributed by atoms with Gasteiger partial charge in [-0.15, -0.1) is 0 Å². The second-order valence-corrected chi connectivity index (χ2v) is 3.11. The average molecular weight is 235 g/mol. The van der Waals surface area contributed by atoms with Crippen LogP contribution in [0.25, 0.3) is 0 Å². The maximum absolute atomic E-state index is 11.9. The first-order valence-electron chi connectivity index (χ1n) is 4.73. The van der Waals surface area contributed by atoms with Gasteiger partial charge in [-0.05, 0) is 6.42 Å². The Labute approximate surface area is 90.6 Å². The number of halogens is 3. The highest BCUT2D eigenvalue weighted by molar-refractivity contribution is 5.44. The second-order valence-electron chi connectivity index (χ2n) is 3.11. The zero-order valence-electron chi connectivity index (χ0n) is 8.71. The van der Waals surface area contributed by atoms with Crippen LogP contribution in [0.4, 0.5) is 19.0 Å². The fraction of sp³-hybridized carbons (Fsp3) is 0.556. The van der Waals surface area contributed by atoms with Crippen molar-refractivity contribution in [3.63, 3.8) is 0 Å². The maximum atomic E-state index is 11.9.